The summed E-state index contributed by atoms with van der Waals surface area (Å²) in [6.45, 7) is 0.692. The van der Waals surface area contributed by atoms with Gasteiger partial charge >= 0.3 is 0 Å². The zero-order chi connectivity index (χ0) is 14.1. The molecule has 2 aromatic carbocycles. The highest BCUT2D eigenvalue weighted by Gasteiger charge is 1.92. The van der Waals surface area contributed by atoms with Crippen molar-refractivity contribution in [2.24, 2.45) is 5.73 Å². The summed E-state index contributed by atoms with van der Waals surface area (Å²) in [6.07, 6.45) is 1.91. The van der Waals surface area contributed by atoms with Crippen LogP contribution in [0, 0.1) is 17.5 Å². The number of nitrogens with two attached hydrogens (primary N) is 1. The van der Waals surface area contributed by atoms with Crippen molar-refractivity contribution in [3.05, 3.63) is 71.5 Å². The molecule has 0 spiro atoms. The molecule has 0 bridgehead atoms. The minimum atomic E-state index is -0.537. The van der Waals surface area contributed by atoms with Gasteiger partial charge in [0, 0.05) is 6.07 Å². The Kier molecular flexibility index (Phi) is 6.68. The maximum Gasteiger partial charge on any atom is 0.126 e. The molecule has 4 heteroatoms. The van der Waals surface area contributed by atoms with Gasteiger partial charge in [0.1, 0.15) is 17.5 Å². The van der Waals surface area contributed by atoms with E-state index in [-0.39, 0.29) is 5.82 Å². The standard InChI is InChI=1S/C9H12FN.C6H4F2/c10-9-5-3-8(4-6-9)2-1-7-11;7-5-2-1-3-6(8)4-5/h3-6H,1-2,7,11H2;1-4H. The SMILES string of the molecule is Fc1cccc(F)c1.NCCCc1ccc(F)cc1. The lowest BCUT2D eigenvalue weighted by Gasteiger charge is -1.97. The second-order valence-electron chi connectivity index (χ2n) is 3.96. The molecular weight excluding hydrogens is 251 g/mol. The second kappa shape index (κ2) is 8.32. The lowest BCUT2D eigenvalue weighted by atomic mass is 10.1. The molecule has 0 aliphatic carbocycles. The average molecular weight is 267 g/mol. The molecule has 0 saturated carbocycles. The van der Waals surface area contributed by atoms with Crippen LogP contribution in [0.15, 0.2) is 48.5 Å². The lowest BCUT2D eigenvalue weighted by molar-refractivity contribution is 0.583. The van der Waals surface area contributed by atoms with Crippen LogP contribution in [0.4, 0.5) is 13.2 Å². The van der Waals surface area contributed by atoms with Crippen LogP contribution < -0.4 is 5.73 Å². The van der Waals surface area contributed by atoms with E-state index in [0.717, 1.165) is 24.5 Å². The van der Waals surface area contributed by atoms with Gasteiger partial charge in [-0.15, -0.1) is 0 Å². The normalized spacial score (nSPS) is 9.68. The van der Waals surface area contributed by atoms with Crippen LogP contribution in [0.5, 0.6) is 0 Å². The van der Waals surface area contributed by atoms with E-state index in [9.17, 15) is 13.2 Å². The zero-order valence-electron chi connectivity index (χ0n) is 10.5. The summed E-state index contributed by atoms with van der Waals surface area (Å²) in [6, 6.07) is 11.1. The quantitative estimate of drug-likeness (QED) is 0.902. The molecule has 1 nitrogen and oxygen atoms in total. The topological polar surface area (TPSA) is 26.0 Å². The van der Waals surface area contributed by atoms with Gasteiger partial charge in [-0.3, -0.25) is 0 Å². The van der Waals surface area contributed by atoms with Crippen LogP contribution in [0.25, 0.3) is 0 Å². The molecule has 2 aromatic rings. The largest absolute Gasteiger partial charge is 0.330 e. The van der Waals surface area contributed by atoms with Crippen LogP contribution in [-0.2, 0) is 6.42 Å². The fourth-order valence-corrected chi connectivity index (χ4v) is 1.42. The molecule has 0 amide bonds. The van der Waals surface area contributed by atoms with E-state index in [1.807, 2.05) is 0 Å². The molecule has 0 saturated heterocycles. The van der Waals surface area contributed by atoms with Crippen LogP contribution in [0.3, 0.4) is 0 Å². The number of benzene rings is 2. The van der Waals surface area contributed by atoms with Crippen molar-refractivity contribution in [1.82, 2.24) is 0 Å². The summed E-state index contributed by atoms with van der Waals surface area (Å²) in [7, 11) is 0. The Labute approximate surface area is 110 Å². The van der Waals surface area contributed by atoms with E-state index < -0.39 is 11.6 Å². The van der Waals surface area contributed by atoms with Crippen LogP contribution in [0.1, 0.15) is 12.0 Å². The third-order valence-corrected chi connectivity index (χ3v) is 2.37. The first-order valence-electron chi connectivity index (χ1n) is 5.97. The Morgan fingerprint density at radius 3 is 1.79 bits per heavy atom. The zero-order valence-corrected chi connectivity index (χ0v) is 10.5. The predicted octanol–water partition coefficient (Wildman–Crippen LogP) is 3.68. The van der Waals surface area contributed by atoms with E-state index in [1.54, 1.807) is 12.1 Å². The molecule has 0 aromatic heterocycles. The number of hydrogen-bond acceptors (Lipinski definition) is 1. The fraction of sp³-hybridized carbons (Fsp3) is 0.200. The number of rotatable bonds is 3. The van der Waals surface area contributed by atoms with Crippen LogP contribution in [0.2, 0.25) is 0 Å². The molecular formula is C15H16F3N. The van der Waals surface area contributed by atoms with Crippen molar-refractivity contribution >= 4 is 0 Å². The molecule has 0 radical (unpaired) electrons. The number of hydrogen-bond donors (Lipinski definition) is 1. The molecule has 102 valence electrons. The van der Waals surface area contributed by atoms with E-state index in [0.29, 0.717) is 6.54 Å². The second-order valence-corrected chi connectivity index (χ2v) is 3.96. The van der Waals surface area contributed by atoms with Crippen molar-refractivity contribution in [1.29, 1.82) is 0 Å². The van der Waals surface area contributed by atoms with Gasteiger partial charge in [0.2, 0.25) is 0 Å². The third kappa shape index (κ3) is 6.62. The Hall–Kier alpha value is -1.81. The van der Waals surface area contributed by atoms with Gasteiger partial charge in [-0.1, -0.05) is 18.2 Å². The average Bonchev–Trinajstić information content (AvgIpc) is 2.39. The van der Waals surface area contributed by atoms with Gasteiger partial charge in [-0.05, 0) is 49.2 Å². The summed E-state index contributed by atoms with van der Waals surface area (Å²) < 4.78 is 36.2. The van der Waals surface area contributed by atoms with Gasteiger partial charge in [-0.2, -0.15) is 0 Å². The Bertz CT molecular complexity index is 466. The highest BCUT2D eigenvalue weighted by atomic mass is 19.1. The van der Waals surface area contributed by atoms with Crippen molar-refractivity contribution in [3.63, 3.8) is 0 Å². The third-order valence-electron chi connectivity index (χ3n) is 2.37. The summed E-state index contributed by atoms with van der Waals surface area (Å²) in [4.78, 5) is 0. The number of aryl methyl sites for hydroxylation is 1. The van der Waals surface area contributed by atoms with E-state index in [4.69, 9.17) is 5.73 Å². The maximum atomic E-state index is 12.4. The lowest BCUT2D eigenvalue weighted by Crippen LogP contribution is -2.00. The number of halogens is 3. The summed E-state index contributed by atoms with van der Waals surface area (Å²) in [5, 5.41) is 0. The first-order valence-corrected chi connectivity index (χ1v) is 5.97. The van der Waals surface area contributed by atoms with E-state index >= 15 is 0 Å². The smallest absolute Gasteiger partial charge is 0.126 e. The Morgan fingerprint density at radius 2 is 1.37 bits per heavy atom. The molecule has 19 heavy (non-hydrogen) atoms. The molecule has 2 rings (SSSR count). The van der Waals surface area contributed by atoms with Crippen LogP contribution in [-0.4, -0.2) is 6.54 Å². The molecule has 0 aliphatic heterocycles. The molecule has 0 fully saturated rings. The minimum Gasteiger partial charge on any atom is -0.330 e. The van der Waals surface area contributed by atoms with Crippen LogP contribution >= 0.6 is 0 Å². The molecule has 0 unspecified atom stereocenters. The molecule has 0 heterocycles. The Morgan fingerprint density at radius 1 is 0.789 bits per heavy atom. The van der Waals surface area contributed by atoms with Crippen molar-refractivity contribution < 1.29 is 13.2 Å². The van der Waals surface area contributed by atoms with E-state index in [2.05, 4.69) is 0 Å². The van der Waals surface area contributed by atoms with E-state index in [1.165, 1.54) is 30.3 Å². The van der Waals surface area contributed by atoms with Gasteiger partial charge in [0.05, 0.1) is 0 Å². The van der Waals surface area contributed by atoms with Crippen molar-refractivity contribution in [2.45, 2.75) is 12.8 Å². The summed E-state index contributed by atoms with van der Waals surface area (Å²) in [5.41, 5.74) is 6.48. The monoisotopic (exact) mass is 267 g/mol. The molecule has 2 N–H and O–H groups in total. The predicted molar refractivity (Wildman–Crippen MR) is 70.1 cm³/mol. The maximum absolute atomic E-state index is 12.4. The van der Waals surface area contributed by atoms with Crippen molar-refractivity contribution in [2.75, 3.05) is 6.54 Å². The highest BCUT2D eigenvalue weighted by Crippen LogP contribution is 2.04. The van der Waals surface area contributed by atoms with Gasteiger partial charge in [0.15, 0.2) is 0 Å². The summed E-state index contributed by atoms with van der Waals surface area (Å²) in [5.74, 6) is -1.25. The van der Waals surface area contributed by atoms with Gasteiger partial charge in [0.25, 0.3) is 0 Å². The van der Waals surface area contributed by atoms with Crippen molar-refractivity contribution in [3.8, 4) is 0 Å². The minimum absolute atomic E-state index is 0.179. The van der Waals surface area contributed by atoms with Gasteiger partial charge < -0.3 is 5.73 Å². The highest BCUT2D eigenvalue weighted by molar-refractivity contribution is 5.15. The fourth-order valence-electron chi connectivity index (χ4n) is 1.42. The molecule has 0 aliphatic rings. The van der Waals surface area contributed by atoms with Gasteiger partial charge in [-0.25, -0.2) is 13.2 Å². The first kappa shape index (κ1) is 15.2. The first-order chi connectivity index (χ1) is 9.11. The Balaban J connectivity index is 0.000000200. The summed E-state index contributed by atoms with van der Waals surface area (Å²) >= 11 is 0. The molecule has 0 atom stereocenters.